The van der Waals surface area contributed by atoms with Gasteiger partial charge in [-0.15, -0.1) is 0 Å². The summed E-state index contributed by atoms with van der Waals surface area (Å²) in [6.07, 6.45) is 8.29. The number of rotatable bonds is 6. The van der Waals surface area contributed by atoms with Crippen LogP contribution in [0.2, 0.25) is 0 Å². The maximum atomic E-state index is 14.5. The standard InChI is InChI=1S/C24H29N2OP/c1-2-3-18-28(27)25(19-21-12-6-4-7-13-21)23-16-10-11-17-24(23)26(28)20-22-14-8-5-9-15-22/h2-9,12-15,18,23-24H,1,10-11,16-17,19-20H2/b18-3-/t23-,24-/m1/s1. The highest BCUT2D eigenvalue weighted by Crippen LogP contribution is 2.68. The molecule has 1 aliphatic carbocycles. The van der Waals surface area contributed by atoms with Gasteiger partial charge in [-0.3, -0.25) is 0 Å². The van der Waals surface area contributed by atoms with Crippen LogP contribution < -0.4 is 4.89 Å². The SMILES string of the molecule is C=C/C=C\[P+]1([O-])N(Cc2ccccc2)[C@@H]2CCCC[C@H]2N1Cc1ccccc1. The van der Waals surface area contributed by atoms with Gasteiger partial charge < -0.3 is 4.89 Å². The Bertz CT molecular complexity index is 750. The topological polar surface area (TPSA) is 29.5 Å². The van der Waals surface area contributed by atoms with Gasteiger partial charge in [-0.1, -0.05) is 86.2 Å². The molecule has 2 aromatic rings. The molecule has 1 aliphatic heterocycles. The van der Waals surface area contributed by atoms with Crippen LogP contribution in [0.3, 0.4) is 0 Å². The fraction of sp³-hybridized carbons (Fsp3) is 0.333. The molecule has 0 spiro atoms. The molecule has 3 nitrogen and oxygen atoms in total. The highest BCUT2D eigenvalue weighted by molar-refractivity contribution is 7.67. The van der Waals surface area contributed by atoms with E-state index in [1.165, 1.54) is 24.0 Å². The van der Waals surface area contributed by atoms with Crippen LogP contribution in [0.5, 0.6) is 0 Å². The van der Waals surface area contributed by atoms with Crippen molar-refractivity contribution in [2.45, 2.75) is 50.9 Å². The van der Waals surface area contributed by atoms with Crippen molar-refractivity contribution in [2.24, 2.45) is 0 Å². The van der Waals surface area contributed by atoms with Crippen LogP contribution in [0.15, 0.2) is 85.2 Å². The van der Waals surface area contributed by atoms with Crippen LogP contribution in [-0.2, 0) is 13.1 Å². The number of benzene rings is 2. The van der Waals surface area contributed by atoms with Gasteiger partial charge in [0.05, 0.1) is 31.0 Å². The van der Waals surface area contributed by atoms with Crippen molar-refractivity contribution in [1.29, 1.82) is 0 Å². The van der Waals surface area contributed by atoms with Gasteiger partial charge in [0.1, 0.15) is 7.79 Å². The van der Waals surface area contributed by atoms with Gasteiger partial charge in [-0.05, 0) is 30.0 Å². The van der Waals surface area contributed by atoms with E-state index in [-0.39, 0.29) is 0 Å². The Hall–Kier alpha value is -1.77. The second kappa shape index (κ2) is 8.71. The number of hydrogen-bond donors (Lipinski definition) is 0. The van der Waals surface area contributed by atoms with Crippen LogP contribution in [0.1, 0.15) is 36.8 Å². The van der Waals surface area contributed by atoms with Crippen LogP contribution in [0.4, 0.5) is 0 Å². The maximum absolute atomic E-state index is 14.5. The van der Waals surface area contributed by atoms with Gasteiger partial charge in [0, 0.05) is 0 Å². The summed E-state index contributed by atoms with van der Waals surface area (Å²) < 4.78 is 4.60. The van der Waals surface area contributed by atoms with Gasteiger partial charge in [0.2, 0.25) is 0 Å². The molecule has 2 aromatic carbocycles. The molecule has 28 heavy (non-hydrogen) atoms. The lowest BCUT2D eigenvalue weighted by molar-refractivity contribution is -0.188. The minimum Gasteiger partial charge on any atom is -0.647 e. The van der Waals surface area contributed by atoms with Crippen molar-refractivity contribution in [1.82, 2.24) is 9.34 Å². The molecule has 0 amide bonds. The monoisotopic (exact) mass is 392 g/mol. The lowest BCUT2D eigenvalue weighted by atomic mass is 9.90. The van der Waals surface area contributed by atoms with Crippen LogP contribution in [0.25, 0.3) is 0 Å². The van der Waals surface area contributed by atoms with Gasteiger partial charge in [0.15, 0.2) is 0 Å². The second-order valence-electron chi connectivity index (χ2n) is 7.75. The van der Waals surface area contributed by atoms with E-state index in [4.69, 9.17) is 0 Å². The molecule has 1 saturated heterocycles. The summed E-state index contributed by atoms with van der Waals surface area (Å²) in [6, 6.07) is 21.6. The first kappa shape index (κ1) is 19.5. The van der Waals surface area contributed by atoms with Gasteiger partial charge >= 0.3 is 0 Å². The van der Waals surface area contributed by atoms with Crippen molar-refractivity contribution in [3.8, 4) is 0 Å². The summed E-state index contributed by atoms with van der Waals surface area (Å²) in [5.74, 6) is 1.92. The smallest absolute Gasteiger partial charge is 0.134 e. The largest absolute Gasteiger partial charge is 0.647 e. The Morgan fingerprint density at radius 1 is 0.857 bits per heavy atom. The quantitative estimate of drug-likeness (QED) is 0.504. The third kappa shape index (κ3) is 3.86. The van der Waals surface area contributed by atoms with Crippen molar-refractivity contribution in [3.63, 3.8) is 0 Å². The van der Waals surface area contributed by atoms with Crippen LogP contribution in [-0.4, -0.2) is 21.4 Å². The molecule has 146 valence electrons. The third-order valence-corrected chi connectivity index (χ3v) is 8.90. The Balaban J connectivity index is 1.72. The third-order valence-electron chi connectivity index (χ3n) is 5.99. The number of hydrogen-bond acceptors (Lipinski definition) is 3. The maximum Gasteiger partial charge on any atom is 0.134 e. The summed E-state index contributed by atoms with van der Waals surface area (Å²) in [4.78, 5) is 14.5. The first-order valence-electron chi connectivity index (χ1n) is 10.2. The molecular weight excluding hydrogens is 363 g/mol. The highest BCUT2D eigenvalue weighted by Gasteiger charge is 2.57. The van der Waals surface area contributed by atoms with E-state index in [0.717, 1.165) is 25.9 Å². The molecule has 0 bridgehead atoms. The van der Waals surface area contributed by atoms with E-state index in [2.05, 4.69) is 64.5 Å². The molecule has 1 saturated carbocycles. The molecule has 0 aromatic heterocycles. The van der Waals surface area contributed by atoms with Gasteiger partial charge in [-0.2, -0.15) is 9.34 Å². The molecular formula is C24H29N2OP. The van der Waals surface area contributed by atoms with Crippen LogP contribution in [0, 0.1) is 0 Å². The highest BCUT2D eigenvalue weighted by atomic mass is 31.2. The van der Waals surface area contributed by atoms with Crippen molar-refractivity contribution >= 4 is 7.79 Å². The minimum atomic E-state index is -2.83. The number of fused-ring (bicyclic) bond motifs is 1. The average Bonchev–Trinajstić information content (AvgIpc) is 2.97. The van der Waals surface area contributed by atoms with Crippen molar-refractivity contribution < 1.29 is 4.89 Å². The average molecular weight is 392 g/mol. The Morgan fingerprint density at radius 3 is 1.75 bits per heavy atom. The second-order valence-corrected chi connectivity index (χ2v) is 10.3. The zero-order chi connectivity index (χ0) is 19.4. The van der Waals surface area contributed by atoms with Gasteiger partial charge in [0.25, 0.3) is 0 Å². The molecule has 0 radical (unpaired) electrons. The summed E-state index contributed by atoms with van der Waals surface area (Å²) in [6.45, 7) is 5.27. The molecule has 2 fully saturated rings. The normalized spacial score (nSPS) is 25.0. The van der Waals surface area contributed by atoms with E-state index in [1.807, 2.05) is 24.0 Å². The molecule has 4 heteroatoms. The summed E-state index contributed by atoms with van der Waals surface area (Å²) in [5.41, 5.74) is 2.45. The first-order chi connectivity index (χ1) is 13.7. The summed E-state index contributed by atoms with van der Waals surface area (Å²) in [5, 5.41) is 0. The van der Waals surface area contributed by atoms with E-state index in [1.54, 1.807) is 6.08 Å². The van der Waals surface area contributed by atoms with E-state index >= 15 is 0 Å². The molecule has 2 atom stereocenters. The summed E-state index contributed by atoms with van der Waals surface area (Å²) in [7, 11) is -2.83. The fourth-order valence-electron chi connectivity index (χ4n) is 4.68. The Labute approximate surface area is 169 Å². The predicted octanol–water partition coefficient (Wildman–Crippen LogP) is 5.14. The molecule has 0 N–H and O–H groups in total. The van der Waals surface area contributed by atoms with E-state index < -0.39 is 7.79 Å². The zero-order valence-electron chi connectivity index (χ0n) is 16.4. The lowest BCUT2D eigenvalue weighted by Gasteiger charge is -2.38. The molecule has 0 unspecified atom stereocenters. The lowest BCUT2D eigenvalue weighted by Crippen LogP contribution is -2.39. The minimum absolute atomic E-state index is 0.345. The molecule has 1 heterocycles. The van der Waals surface area contributed by atoms with Crippen molar-refractivity contribution in [2.75, 3.05) is 0 Å². The first-order valence-corrected chi connectivity index (χ1v) is 11.9. The fourth-order valence-corrected chi connectivity index (χ4v) is 7.79. The molecule has 4 rings (SSSR count). The Morgan fingerprint density at radius 2 is 1.32 bits per heavy atom. The van der Waals surface area contributed by atoms with E-state index in [0.29, 0.717) is 12.1 Å². The van der Waals surface area contributed by atoms with Crippen LogP contribution >= 0.6 is 7.79 Å². The van der Waals surface area contributed by atoms with E-state index in [9.17, 15) is 4.89 Å². The Kier molecular flexibility index (Phi) is 6.08. The molecule has 2 aliphatic rings. The predicted molar refractivity (Wildman–Crippen MR) is 116 cm³/mol. The number of allylic oxidation sites excluding steroid dienone is 2. The van der Waals surface area contributed by atoms with Crippen molar-refractivity contribution in [3.05, 3.63) is 96.3 Å². The summed E-state index contributed by atoms with van der Waals surface area (Å²) >= 11 is 0. The van der Waals surface area contributed by atoms with Gasteiger partial charge in [-0.25, -0.2) is 0 Å². The number of nitrogens with zero attached hydrogens (tertiary/aromatic N) is 2. The zero-order valence-corrected chi connectivity index (χ0v) is 17.3.